The Balaban J connectivity index is 2.13. The summed E-state index contributed by atoms with van der Waals surface area (Å²) in [5.41, 5.74) is 14.4. The second-order valence-electron chi connectivity index (χ2n) is 6.47. The Kier molecular flexibility index (Phi) is 3.39. The molecule has 0 saturated heterocycles. The van der Waals surface area contributed by atoms with Gasteiger partial charge in [0.15, 0.2) is 5.58 Å². The summed E-state index contributed by atoms with van der Waals surface area (Å²) in [6.45, 7) is 6.17. The zero-order valence-corrected chi connectivity index (χ0v) is 14.1. The number of pyridine rings is 1. The average Bonchev–Trinajstić information content (AvgIpc) is 2.93. The molecule has 4 aromatic rings. The number of fused-ring (bicyclic) bond motifs is 3. The van der Waals surface area contributed by atoms with Crippen LogP contribution in [0.15, 0.2) is 53.1 Å². The van der Waals surface area contributed by atoms with Crippen LogP contribution in [0.1, 0.15) is 29.7 Å². The third-order valence-electron chi connectivity index (χ3n) is 4.55. The molecule has 0 unspecified atom stereocenters. The van der Waals surface area contributed by atoms with E-state index in [1.54, 1.807) is 0 Å². The van der Waals surface area contributed by atoms with Gasteiger partial charge >= 0.3 is 0 Å². The molecule has 3 heteroatoms. The lowest BCUT2D eigenvalue weighted by molar-refractivity contribution is 0.654. The van der Waals surface area contributed by atoms with Crippen molar-refractivity contribution in [3.8, 4) is 11.1 Å². The van der Waals surface area contributed by atoms with Gasteiger partial charge in [0.2, 0.25) is 0 Å². The predicted octanol–water partition coefficient (Wildman–Crippen LogP) is 5.28. The molecular formula is C21H20N2O. The summed E-state index contributed by atoms with van der Waals surface area (Å²) in [7, 11) is 0. The van der Waals surface area contributed by atoms with Gasteiger partial charge in [0.25, 0.3) is 0 Å². The van der Waals surface area contributed by atoms with E-state index in [4.69, 9.17) is 10.2 Å². The van der Waals surface area contributed by atoms with Gasteiger partial charge in [0, 0.05) is 28.8 Å². The van der Waals surface area contributed by atoms with Gasteiger partial charge in [-0.25, -0.2) is 0 Å². The number of furan rings is 1. The van der Waals surface area contributed by atoms with E-state index in [9.17, 15) is 0 Å². The minimum absolute atomic E-state index is 0.0881. The topological polar surface area (TPSA) is 52.0 Å². The van der Waals surface area contributed by atoms with Gasteiger partial charge in [-0.15, -0.1) is 0 Å². The minimum atomic E-state index is -0.0881. The van der Waals surface area contributed by atoms with E-state index in [2.05, 4.69) is 49.2 Å². The minimum Gasteiger partial charge on any atom is -0.453 e. The maximum absolute atomic E-state index is 6.30. The first-order valence-electron chi connectivity index (χ1n) is 8.19. The summed E-state index contributed by atoms with van der Waals surface area (Å²) in [5, 5.41) is 1.03. The molecule has 0 bridgehead atoms. The summed E-state index contributed by atoms with van der Waals surface area (Å²) in [5.74, 6) is 0. The van der Waals surface area contributed by atoms with Crippen LogP contribution in [0.3, 0.4) is 0 Å². The van der Waals surface area contributed by atoms with Crippen molar-refractivity contribution in [1.82, 2.24) is 4.98 Å². The van der Waals surface area contributed by atoms with Gasteiger partial charge in [-0.1, -0.05) is 30.3 Å². The highest BCUT2D eigenvalue weighted by Gasteiger charge is 2.18. The van der Waals surface area contributed by atoms with E-state index in [0.29, 0.717) is 0 Å². The van der Waals surface area contributed by atoms with Crippen LogP contribution in [-0.2, 0) is 0 Å². The lowest BCUT2D eigenvalue weighted by atomic mass is 10.00. The SMILES string of the molecule is Cc1cc([C@@H](C)N)c2oc3c(-c4ccccc4C)ccnc3c2c1. The number of benzene rings is 2. The summed E-state index contributed by atoms with van der Waals surface area (Å²) in [4.78, 5) is 4.59. The molecule has 0 aliphatic heterocycles. The fourth-order valence-electron chi connectivity index (χ4n) is 3.36. The van der Waals surface area contributed by atoms with Crippen LogP contribution in [0.4, 0.5) is 0 Å². The van der Waals surface area contributed by atoms with E-state index in [-0.39, 0.29) is 6.04 Å². The van der Waals surface area contributed by atoms with Crippen molar-refractivity contribution in [3.05, 3.63) is 65.4 Å². The second kappa shape index (κ2) is 5.46. The molecular weight excluding hydrogens is 296 g/mol. The van der Waals surface area contributed by atoms with E-state index in [1.807, 2.05) is 25.3 Å². The molecule has 4 rings (SSSR count). The number of rotatable bonds is 2. The third kappa shape index (κ3) is 2.21. The predicted molar refractivity (Wildman–Crippen MR) is 99.0 cm³/mol. The standard InChI is InChI=1S/C21H20N2O/c1-12-10-17(14(3)22)20-18(11-12)19-21(24-20)16(8-9-23-19)15-7-5-4-6-13(15)2/h4-11,14H,22H2,1-3H3/t14-/m1/s1. The van der Waals surface area contributed by atoms with Gasteiger partial charge < -0.3 is 10.2 Å². The van der Waals surface area contributed by atoms with Gasteiger partial charge in [0.1, 0.15) is 11.1 Å². The van der Waals surface area contributed by atoms with Gasteiger partial charge in [-0.05, 0) is 49.6 Å². The molecule has 0 aliphatic carbocycles. The Hall–Kier alpha value is -2.65. The maximum atomic E-state index is 6.30. The summed E-state index contributed by atoms with van der Waals surface area (Å²) in [6.07, 6.45) is 1.85. The van der Waals surface area contributed by atoms with Crippen molar-refractivity contribution >= 4 is 22.1 Å². The van der Waals surface area contributed by atoms with Crippen molar-refractivity contribution in [2.24, 2.45) is 5.73 Å². The van der Waals surface area contributed by atoms with Crippen LogP contribution >= 0.6 is 0 Å². The molecule has 0 radical (unpaired) electrons. The summed E-state index contributed by atoms with van der Waals surface area (Å²) < 4.78 is 6.30. The molecule has 2 aromatic carbocycles. The van der Waals surface area contributed by atoms with Crippen molar-refractivity contribution in [2.75, 3.05) is 0 Å². The van der Waals surface area contributed by atoms with Gasteiger partial charge in [-0.2, -0.15) is 0 Å². The number of hydrogen-bond acceptors (Lipinski definition) is 3. The van der Waals surface area contributed by atoms with Crippen molar-refractivity contribution in [3.63, 3.8) is 0 Å². The monoisotopic (exact) mass is 316 g/mol. The molecule has 0 saturated carbocycles. The first-order valence-corrected chi connectivity index (χ1v) is 8.19. The highest BCUT2D eigenvalue weighted by atomic mass is 16.3. The average molecular weight is 316 g/mol. The van der Waals surface area contributed by atoms with E-state index in [0.717, 1.165) is 33.2 Å². The van der Waals surface area contributed by atoms with E-state index < -0.39 is 0 Å². The summed E-state index contributed by atoms with van der Waals surface area (Å²) in [6, 6.07) is 14.5. The van der Waals surface area contributed by atoms with Gasteiger partial charge in [-0.3, -0.25) is 4.98 Å². The molecule has 0 spiro atoms. The van der Waals surface area contributed by atoms with Crippen LogP contribution in [-0.4, -0.2) is 4.98 Å². The fourth-order valence-corrected chi connectivity index (χ4v) is 3.36. The van der Waals surface area contributed by atoms with Crippen LogP contribution in [0.2, 0.25) is 0 Å². The number of nitrogens with zero attached hydrogens (tertiary/aromatic N) is 1. The molecule has 0 amide bonds. The van der Waals surface area contributed by atoms with E-state index >= 15 is 0 Å². The van der Waals surface area contributed by atoms with E-state index in [1.165, 1.54) is 16.7 Å². The van der Waals surface area contributed by atoms with Crippen molar-refractivity contribution in [2.45, 2.75) is 26.8 Å². The third-order valence-corrected chi connectivity index (χ3v) is 4.55. The first kappa shape index (κ1) is 14.9. The first-order chi connectivity index (χ1) is 11.6. The number of aromatic nitrogens is 1. The molecule has 2 heterocycles. The highest BCUT2D eigenvalue weighted by Crippen LogP contribution is 2.38. The maximum Gasteiger partial charge on any atom is 0.161 e. The van der Waals surface area contributed by atoms with Crippen LogP contribution in [0.25, 0.3) is 33.2 Å². The number of nitrogens with two attached hydrogens (primary N) is 1. The number of hydrogen-bond donors (Lipinski definition) is 1. The Morgan fingerprint density at radius 3 is 2.54 bits per heavy atom. The lowest BCUT2D eigenvalue weighted by Gasteiger charge is -2.07. The normalized spacial score (nSPS) is 12.8. The molecule has 0 fully saturated rings. The Morgan fingerprint density at radius 1 is 1.00 bits per heavy atom. The van der Waals surface area contributed by atoms with Crippen molar-refractivity contribution < 1.29 is 4.42 Å². The quantitative estimate of drug-likeness (QED) is 0.547. The largest absolute Gasteiger partial charge is 0.453 e. The second-order valence-corrected chi connectivity index (χ2v) is 6.47. The lowest BCUT2D eigenvalue weighted by Crippen LogP contribution is -2.05. The van der Waals surface area contributed by atoms with Gasteiger partial charge in [0.05, 0.1) is 0 Å². The van der Waals surface area contributed by atoms with Crippen molar-refractivity contribution in [1.29, 1.82) is 0 Å². The fraction of sp³-hybridized carbons (Fsp3) is 0.190. The molecule has 24 heavy (non-hydrogen) atoms. The Morgan fingerprint density at radius 2 is 1.79 bits per heavy atom. The molecule has 2 aromatic heterocycles. The molecule has 120 valence electrons. The summed E-state index contributed by atoms with van der Waals surface area (Å²) >= 11 is 0. The van der Waals surface area contributed by atoms with Crippen LogP contribution in [0, 0.1) is 13.8 Å². The molecule has 3 nitrogen and oxygen atoms in total. The molecule has 2 N–H and O–H groups in total. The zero-order valence-electron chi connectivity index (χ0n) is 14.1. The number of aryl methyl sites for hydroxylation is 2. The smallest absolute Gasteiger partial charge is 0.161 e. The molecule has 0 aliphatic rings. The molecule has 1 atom stereocenters. The van der Waals surface area contributed by atoms with Crippen LogP contribution in [0.5, 0.6) is 0 Å². The Bertz CT molecular complexity index is 1060. The van der Waals surface area contributed by atoms with Crippen LogP contribution < -0.4 is 5.73 Å². The highest BCUT2D eigenvalue weighted by molar-refractivity contribution is 6.08. The Labute approximate surface area is 141 Å². The zero-order chi connectivity index (χ0) is 16.8.